The number of hydrogen-bond donors (Lipinski definition) is 1. The molecule has 1 N–H and O–H groups in total. The summed E-state index contributed by atoms with van der Waals surface area (Å²) in [7, 11) is 0. The summed E-state index contributed by atoms with van der Waals surface area (Å²) in [4.78, 5) is 11.2. The number of carbonyl (C=O) groups is 1. The molecule has 3 atom stereocenters. The Bertz CT molecular complexity index is 331. The molecule has 0 bridgehead atoms. The van der Waals surface area contributed by atoms with Gasteiger partial charge in [-0.1, -0.05) is 6.92 Å². The lowest BCUT2D eigenvalue weighted by Crippen LogP contribution is -2.28. The highest BCUT2D eigenvalue weighted by Crippen LogP contribution is 2.41. The van der Waals surface area contributed by atoms with Gasteiger partial charge in [0.2, 0.25) is 0 Å². The van der Waals surface area contributed by atoms with Crippen molar-refractivity contribution >= 4 is 17.3 Å². The molecular weight excluding hydrogens is 208 g/mol. The first kappa shape index (κ1) is 10.7. The Kier molecular flexibility index (Phi) is 3.10. The third-order valence-electron chi connectivity index (χ3n) is 3.40. The van der Waals surface area contributed by atoms with Crippen LogP contribution in [0, 0.1) is 11.8 Å². The molecule has 1 saturated carbocycles. The Labute approximate surface area is 93.9 Å². The van der Waals surface area contributed by atoms with E-state index in [0.29, 0.717) is 5.92 Å². The van der Waals surface area contributed by atoms with Gasteiger partial charge in [-0.15, -0.1) is 0 Å². The number of hydrogen-bond acceptors (Lipinski definition) is 2. The summed E-state index contributed by atoms with van der Waals surface area (Å²) in [6.07, 6.45) is 2.91. The van der Waals surface area contributed by atoms with Crippen molar-refractivity contribution in [1.82, 2.24) is 0 Å². The molecule has 0 aliphatic heterocycles. The van der Waals surface area contributed by atoms with Crippen LogP contribution >= 0.6 is 11.3 Å². The Hall–Kier alpha value is -0.830. The summed E-state index contributed by atoms with van der Waals surface area (Å²) in [6.45, 7) is 2.22. The zero-order chi connectivity index (χ0) is 10.8. The van der Waals surface area contributed by atoms with Crippen molar-refractivity contribution in [3.8, 4) is 0 Å². The fraction of sp³-hybridized carbons (Fsp3) is 0.583. The summed E-state index contributed by atoms with van der Waals surface area (Å²) < 4.78 is 0. The smallest absolute Gasteiger partial charge is 0.307 e. The Morgan fingerprint density at radius 3 is 2.93 bits per heavy atom. The van der Waals surface area contributed by atoms with Crippen LogP contribution in [-0.4, -0.2) is 11.1 Å². The van der Waals surface area contributed by atoms with Gasteiger partial charge in [-0.25, -0.2) is 0 Å². The van der Waals surface area contributed by atoms with Gasteiger partial charge < -0.3 is 5.11 Å². The SMILES string of the molecule is CC1CCC(C(=O)O)C(c2ccsc2)C1. The van der Waals surface area contributed by atoms with Crippen LogP contribution in [0.5, 0.6) is 0 Å². The monoisotopic (exact) mass is 224 g/mol. The molecule has 2 rings (SSSR count). The van der Waals surface area contributed by atoms with Crippen LogP contribution in [0.1, 0.15) is 37.7 Å². The van der Waals surface area contributed by atoms with Crippen LogP contribution in [0.2, 0.25) is 0 Å². The summed E-state index contributed by atoms with van der Waals surface area (Å²) in [5, 5.41) is 13.3. The highest BCUT2D eigenvalue weighted by atomic mass is 32.1. The highest BCUT2D eigenvalue weighted by molar-refractivity contribution is 7.07. The predicted molar refractivity (Wildman–Crippen MR) is 61.2 cm³/mol. The van der Waals surface area contributed by atoms with E-state index in [0.717, 1.165) is 19.3 Å². The maximum Gasteiger partial charge on any atom is 0.307 e. The molecule has 1 aromatic rings. The lowest BCUT2D eigenvalue weighted by molar-refractivity contribution is -0.143. The number of aliphatic carboxylic acids is 1. The molecule has 1 fully saturated rings. The van der Waals surface area contributed by atoms with Crippen molar-refractivity contribution in [2.45, 2.75) is 32.1 Å². The molecule has 1 aromatic heterocycles. The summed E-state index contributed by atoms with van der Waals surface area (Å²) in [6, 6.07) is 2.07. The first-order valence-electron chi connectivity index (χ1n) is 5.43. The van der Waals surface area contributed by atoms with Gasteiger partial charge in [-0.3, -0.25) is 4.79 Å². The van der Waals surface area contributed by atoms with Gasteiger partial charge in [0.1, 0.15) is 0 Å². The van der Waals surface area contributed by atoms with E-state index in [4.69, 9.17) is 0 Å². The van der Waals surface area contributed by atoms with Gasteiger partial charge >= 0.3 is 5.97 Å². The van der Waals surface area contributed by atoms with E-state index >= 15 is 0 Å². The molecule has 15 heavy (non-hydrogen) atoms. The summed E-state index contributed by atoms with van der Waals surface area (Å²) >= 11 is 1.66. The molecular formula is C12H16O2S. The number of carboxylic acid groups (broad SMARTS) is 1. The van der Waals surface area contributed by atoms with Crippen molar-refractivity contribution in [3.63, 3.8) is 0 Å². The number of carboxylic acids is 1. The number of rotatable bonds is 2. The van der Waals surface area contributed by atoms with Gasteiger partial charge in [0.05, 0.1) is 5.92 Å². The topological polar surface area (TPSA) is 37.3 Å². The van der Waals surface area contributed by atoms with Crippen LogP contribution in [-0.2, 0) is 4.79 Å². The van der Waals surface area contributed by atoms with E-state index in [9.17, 15) is 9.90 Å². The summed E-state index contributed by atoms with van der Waals surface area (Å²) in [5.74, 6) is 0.0944. The highest BCUT2D eigenvalue weighted by Gasteiger charge is 2.34. The minimum atomic E-state index is -0.627. The van der Waals surface area contributed by atoms with Gasteiger partial charge in [0.25, 0.3) is 0 Å². The second kappa shape index (κ2) is 4.35. The Balaban J connectivity index is 2.20. The summed E-state index contributed by atoms with van der Waals surface area (Å²) in [5.41, 5.74) is 1.22. The second-order valence-corrected chi connectivity index (χ2v) is 5.31. The normalized spacial score (nSPS) is 31.4. The Morgan fingerprint density at radius 2 is 2.33 bits per heavy atom. The molecule has 1 aliphatic rings. The average molecular weight is 224 g/mol. The van der Waals surface area contributed by atoms with Gasteiger partial charge in [-0.05, 0) is 53.5 Å². The van der Waals surface area contributed by atoms with Gasteiger partial charge in [-0.2, -0.15) is 11.3 Å². The van der Waals surface area contributed by atoms with E-state index in [1.165, 1.54) is 5.56 Å². The van der Waals surface area contributed by atoms with Crippen LogP contribution in [0.15, 0.2) is 16.8 Å². The van der Waals surface area contributed by atoms with Crippen LogP contribution < -0.4 is 0 Å². The molecule has 3 unspecified atom stereocenters. The van der Waals surface area contributed by atoms with E-state index in [1.807, 2.05) is 5.38 Å². The molecule has 0 amide bonds. The van der Waals surface area contributed by atoms with E-state index in [2.05, 4.69) is 18.4 Å². The van der Waals surface area contributed by atoms with Crippen molar-refractivity contribution < 1.29 is 9.90 Å². The lowest BCUT2D eigenvalue weighted by atomic mass is 9.72. The maximum atomic E-state index is 11.2. The predicted octanol–water partition coefficient (Wildman–Crippen LogP) is 3.35. The molecule has 82 valence electrons. The fourth-order valence-corrected chi connectivity index (χ4v) is 3.26. The van der Waals surface area contributed by atoms with Crippen molar-refractivity contribution in [3.05, 3.63) is 22.4 Å². The Morgan fingerprint density at radius 1 is 1.53 bits per heavy atom. The van der Waals surface area contributed by atoms with E-state index < -0.39 is 5.97 Å². The maximum absolute atomic E-state index is 11.2. The molecule has 0 saturated heterocycles. The second-order valence-electron chi connectivity index (χ2n) is 4.53. The molecule has 0 spiro atoms. The molecule has 0 aromatic carbocycles. The van der Waals surface area contributed by atoms with Gasteiger partial charge in [0, 0.05) is 0 Å². The van der Waals surface area contributed by atoms with E-state index in [1.54, 1.807) is 11.3 Å². The first-order chi connectivity index (χ1) is 7.18. The molecule has 3 heteroatoms. The van der Waals surface area contributed by atoms with Crippen LogP contribution in [0.25, 0.3) is 0 Å². The number of thiophene rings is 1. The first-order valence-corrected chi connectivity index (χ1v) is 6.37. The van der Waals surface area contributed by atoms with Crippen molar-refractivity contribution in [2.24, 2.45) is 11.8 Å². The van der Waals surface area contributed by atoms with Crippen LogP contribution in [0.4, 0.5) is 0 Å². The van der Waals surface area contributed by atoms with Gasteiger partial charge in [0.15, 0.2) is 0 Å². The molecule has 1 aliphatic carbocycles. The third kappa shape index (κ3) is 2.23. The fourth-order valence-electron chi connectivity index (χ4n) is 2.53. The quantitative estimate of drug-likeness (QED) is 0.836. The van der Waals surface area contributed by atoms with Crippen molar-refractivity contribution in [1.29, 1.82) is 0 Å². The minimum Gasteiger partial charge on any atom is -0.481 e. The zero-order valence-electron chi connectivity index (χ0n) is 8.85. The molecule has 1 heterocycles. The average Bonchev–Trinajstić information content (AvgIpc) is 2.69. The van der Waals surface area contributed by atoms with Crippen LogP contribution in [0.3, 0.4) is 0 Å². The van der Waals surface area contributed by atoms with E-state index in [-0.39, 0.29) is 11.8 Å². The lowest BCUT2D eigenvalue weighted by Gasteiger charge is -2.32. The minimum absolute atomic E-state index is 0.171. The third-order valence-corrected chi connectivity index (χ3v) is 4.10. The largest absolute Gasteiger partial charge is 0.481 e. The standard InChI is InChI=1S/C12H16O2S/c1-8-2-3-10(12(13)14)11(6-8)9-4-5-15-7-9/h4-5,7-8,10-11H,2-3,6H2,1H3,(H,13,14). The molecule has 2 nitrogen and oxygen atoms in total. The molecule has 0 radical (unpaired) electrons. The van der Waals surface area contributed by atoms with Crippen molar-refractivity contribution in [2.75, 3.05) is 0 Å². The zero-order valence-corrected chi connectivity index (χ0v) is 9.67.